The fourth-order valence-electron chi connectivity index (χ4n) is 3.74. The number of alkyl carbamates (subject to hydrolysis) is 1. The molecule has 1 aliphatic carbocycles. The van der Waals surface area contributed by atoms with Gasteiger partial charge < -0.3 is 15.4 Å². The van der Waals surface area contributed by atoms with Gasteiger partial charge in [0.15, 0.2) is 0 Å². The molecule has 1 amide bonds. The number of aromatic nitrogens is 2. The van der Waals surface area contributed by atoms with Crippen molar-refractivity contribution in [3.8, 4) is 0 Å². The van der Waals surface area contributed by atoms with Gasteiger partial charge in [-0.05, 0) is 30.5 Å². The minimum atomic E-state index is -0.380. The van der Waals surface area contributed by atoms with E-state index in [1.807, 2.05) is 36.5 Å². The second-order valence-corrected chi connectivity index (χ2v) is 6.68. The van der Waals surface area contributed by atoms with Gasteiger partial charge in [0.05, 0.1) is 23.6 Å². The largest absolute Gasteiger partial charge is 0.445 e. The molecule has 2 N–H and O–H groups in total. The van der Waals surface area contributed by atoms with Crippen LogP contribution in [0, 0.1) is 11.8 Å². The number of ether oxygens (including phenoxy) is 1. The average Bonchev–Trinajstić information content (AvgIpc) is 3.08. The molecule has 120 valence electrons. The lowest BCUT2D eigenvalue weighted by molar-refractivity contribution is 0.138. The number of carbonyl (C=O) groups is 1. The Hall–Kier alpha value is -1.99. The van der Waals surface area contributed by atoms with Crippen molar-refractivity contribution in [3.63, 3.8) is 0 Å². The summed E-state index contributed by atoms with van der Waals surface area (Å²) in [4.78, 5) is 12.0. The van der Waals surface area contributed by atoms with Gasteiger partial charge in [0.2, 0.25) is 0 Å². The average molecular weight is 330 g/mol. The first-order valence-corrected chi connectivity index (χ1v) is 8.47. The Bertz CT molecular complexity index is 667. The van der Waals surface area contributed by atoms with E-state index in [0.717, 1.165) is 24.3 Å². The molecule has 2 aliphatic rings. The van der Waals surface area contributed by atoms with E-state index >= 15 is 0 Å². The van der Waals surface area contributed by atoms with E-state index in [4.69, 9.17) is 4.74 Å². The lowest BCUT2D eigenvalue weighted by atomic mass is 9.96. The summed E-state index contributed by atoms with van der Waals surface area (Å²) < 4.78 is 13.8. The molecule has 2 fully saturated rings. The molecule has 3 atom stereocenters. The summed E-state index contributed by atoms with van der Waals surface area (Å²) in [6, 6.07) is 9.67. The highest BCUT2D eigenvalue weighted by Gasteiger charge is 2.68. The van der Waals surface area contributed by atoms with Gasteiger partial charge in [-0.1, -0.05) is 30.3 Å². The molecule has 7 heteroatoms. The standard InChI is InChI=1S/C16H18N4O2S/c21-15(22-9-11-4-2-1-3-5-11)18-10-16(14-8-19-23-20-14)12-6-17-7-13(12)16/h1-5,8,12-13,17H,6-7,9-10H2,(H,18,21)/t12-,13+,16?. The molecule has 1 aromatic heterocycles. The maximum absolute atomic E-state index is 12.0. The van der Waals surface area contributed by atoms with Gasteiger partial charge in [0.25, 0.3) is 0 Å². The smallest absolute Gasteiger partial charge is 0.407 e. The number of benzene rings is 1. The van der Waals surface area contributed by atoms with Gasteiger partial charge in [0.1, 0.15) is 6.61 Å². The van der Waals surface area contributed by atoms with Crippen molar-refractivity contribution in [2.24, 2.45) is 11.8 Å². The third kappa shape index (κ3) is 2.60. The maximum Gasteiger partial charge on any atom is 0.407 e. The highest BCUT2D eigenvalue weighted by molar-refractivity contribution is 6.99. The van der Waals surface area contributed by atoms with Crippen LogP contribution in [0.25, 0.3) is 0 Å². The fourth-order valence-corrected chi connectivity index (χ4v) is 4.24. The number of nitrogens with one attached hydrogen (secondary N) is 2. The van der Waals surface area contributed by atoms with Crippen molar-refractivity contribution in [1.82, 2.24) is 19.4 Å². The Morgan fingerprint density at radius 2 is 2.13 bits per heavy atom. The van der Waals surface area contributed by atoms with Crippen LogP contribution in [0.2, 0.25) is 0 Å². The second-order valence-electron chi connectivity index (χ2n) is 6.12. The molecule has 0 spiro atoms. The molecular weight excluding hydrogens is 312 g/mol. The fraction of sp³-hybridized carbons (Fsp3) is 0.438. The van der Waals surface area contributed by atoms with Crippen molar-refractivity contribution in [2.75, 3.05) is 19.6 Å². The normalized spacial score (nSPS) is 28.2. The number of nitrogens with zero attached hydrogens (tertiary/aromatic N) is 2. The van der Waals surface area contributed by atoms with Crippen LogP contribution in [0.4, 0.5) is 4.79 Å². The Kier molecular flexibility index (Phi) is 3.74. The van der Waals surface area contributed by atoms with Crippen molar-refractivity contribution in [1.29, 1.82) is 0 Å². The first-order valence-electron chi connectivity index (χ1n) is 7.74. The predicted molar refractivity (Wildman–Crippen MR) is 86.1 cm³/mol. The number of fused-ring (bicyclic) bond motifs is 1. The quantitative estimate of drug-likeness (QED) is 0.870. The number of rotatable bonds is 5. The highest BCUT2D eigenvalue weighted by Crippen LogP contribution is 2.60. The lowest BCUT2D eigenvalue weighted by Gasteiger charge is -2.19. The molecule has 6 nitrogen and oxygen atoms in total. The summed E-state index contributed by atoms with van der Waals surface area (Å²) in [5, 5.41) is 6.30. The third-order valence-electron chi connectivity index (χ3n) is 5.00. The SMILES string of the molecule is O=C(NCC1(c2cnsn2)[C@@H]2CNC[C@@H]21)OCc1ccccc1. The number of hydrogen-bond donors (Lipinski definition) is 2. The summed E-state index contributed by atoms with van der Waals surface area (Å²) >= 11 is 1.22. The molecule has 0 bridgehead atoms. The van der Waals surface area contributed by atoms with Crippen LogP contribution in [0.1, 0.15) is 11.3 Å². The molecule has 1 aromatic carbocycles. The summed E-state index contributed by atoms with van der Waals surface area (Å²) in [5.41, 5.74) is 1.92. The molecule has 23 heavy (non-hydrogen) atoms. The number of amides is 1. The van der Waals surface area contributed by atoms with Crippen LogP contribution < -0.4 is 10.6 Å². The van der Waals surface area contributed by atoms with Gasteiger partial charge >= 0.3 is 6.09 Å². The van der Waals surface area contributed by atoms with Crippen molar-refractivity contribution in [2.45, 2.75) is 12.0 Å². The van der Waals surface area contributed by atoms with Crippen LogP contribution in [-0.4, -0.2) is 34.5 Å². The Labute approximate surface area is 138 Å². The minimum Gasteiger partial charge on any atom is -0.445 e. The summed E-state index contributed by atoms with van der Waals surface area (Å²) in [6.07, 6.45) is 1.45. The zero-order valence-corrected chi connectivity index (χ0v) is 13.4. The lowest BCUT2D eigenvalue weighted by Crippen LogP contribution is -2.38. The first kappa shape index (κ1) is 14.6. The van der Waals surface area contributed by atoms with E-state index in [0.29, 0.717) is 18.4 Å². The minimum absolute atomic E-state index is 0.0655. The van der Waals surface area contributed by atoms with Gasteiger partial charge in [-0.25, -0.2) is 4.79 Å². The molecular formula is C16H18N4O2S. The molecule has 4 rings (SSSR count). The Balaban J connectivity index is 1.35. The van der Waals surface area contributed by atoms with Crippen LogP contribution >= 0.6 is 11.7 Å². The van der Waals surface area contributed by atoms with E-state index in [9.17, 15) is 4.79 Å². The second kappa shape index (κ2) is 5.90. The summed E-state index contributed by atoms with van der Waals surface area (Å²) in [6.45, 7) is 2.79. The van der Waals surface area contributed by atoms with E-state index < -0.39 is 0 Å². The summed E-state index contributed by atoms with van der Waals surface area (Å²) in [7, 11) is 0. The third-order valence-corrected chi connectivity index (χ3v) is 5.48. The Morgan fingerprint density at radius 3 is 2.83 bits per heavy atom. The van der Waals surface area contributed by atoms with Crippen molar-refractivity contribution >= 4 is 17.8 Å². The van der Waals surface area contributed by atoms with E-state index in [2.05, 4.69) is 19.4 Å². The molecule has 0 radical (unpaired) electrons. The maximum atomic E-state index is 12.0. The van der Waals surface area contributed by atoms with E-state index in [-0.39, 0.29) is 18.1 Å². The summed E-state index contributed by atoms with van der Waals surface area (Å²) in [5.74, 6) is 1.06. The van der Waals surface area contributed by atoms with Crippen molar-refractivity contribution < 1.29 is 9.53 Å². The molecule has 1 unspecified atom stereocenters. The van der Waals surface area contributed by atoms with Gasteiger partial charge in [-0.3, -0.25) is 0 Å². The zero-order chi connectivity index (χ0) is 15.7. The number of carbonyl (C=O) groups excluding carboxylic acids is 1. The molecule has 2 heterocycles. The predicted octanol–water partition coefficient (Wildman–Crippen LogP) is 1.55. The monoisotopic (exact) mass is 330 g/mol. The van der Waals surface area contributed by atoms with Crippen LogP contribution in [0.3, 0.4) is 0 Å². The molecule has 1 saturated carbocycles. The van der Waals surface area contributed by atoms with Crippen LogP contribution in [0.5, 0.6) is 0 Å². The number of hydrogen-bond acceptors (Lipinski definition) is 6. The first-order chi connectivity index (χ1) is 11.3. The van der Waals surface area contributed by atoms with E-state index in [1.165, 1.54) is 11.7 Å². The molecule has 2 aromatic rings. The topological polar surface area (TPSA) is 76.1 Å². The van der Waals surface area contributed by atoms with Crippen molar-refractivity contribution in [3.05, 3.63) is 47.8 Å². The zero-order valence-electron chi connectivity index (χ0n) is 12.6. The van der Waals surface area contributed by atoms with E-state index in [1.54, 1.807) is 0 Å². The van der Waals surface area contributed by atoms with Gasteiger partial charge in [-0.15, -0.1) is 0 Å². The Morgan fingerprint density at radius 1 is 1.35 bits per heavy atom. The number of piperidine rings is 1. The van der Waals surface area contributed by atoms with Crippen LogP contribution in [-0.2, 0) is 16.8 Å². The van der Waals surface area contributed by atoms with Crippen LogP contribution in [0.15, 0.2) is 36.5 Å². The van der Waals surface area contributed by atoms with Gasteiger partial charge in [0, 0.05) is 12.0 Å². The highest BCUT2D eigenvalue weighted by atomic mass is 32.1. The molecule has 1 aliphatic heterocycles. The van der Waals surface area contributed by atoms with Gasteiger partial charge in [-0.2, -0.15) is 8.75 Å². The molecule has 1 saturated heterocycles.